The molecule has 1 saturated heterocycles. The second kappa shape index (κ2) is 7.91. The summed E-state index contributed by atoms with van der Waals surface area (Å²) in [6.45, 7) is 8.64. The number of nitrogens with one attached hydrogen (secondary N) is 2. The normalized spacial score (nSPS) is 20.7. The average molecular weight is 357 g/mol. The van der Waals surface area contributed by atoms with E-state index >= 15 is 0 Å². The van der Waals surface area contributed by atoms with E-state index in [-0.39, 0.29) is 12.0 Å². The molecule has 0 spiro atoms. The summed E-state index contributed by atoms with van der Waals surface area (Å²) in [5, 5.41) is 5.76. The third kappa shape index (κ3) is 3.90. The second-order valence-corrected chi connectivity index (χ2v) is 6.99. The van der Waals surface area contributed by atoms with E-state index in [2.05, 4.69) is 21.6 Å². The van der Waals surface area contributed by atoms with Crippen LogP contribution < -0.4 is 10.6 Å². The van der Waals surface area contributed by atoms with Crippen molar-refractivity contribution in [1.29, 1.82) is 0 Å². The van der Waals surface area contributed by atoms with Crippen LogP contribution in [-0.2, 0) is 9.53 Å². The van der Waals surface area contributed by atoms with Gasteiger partial charge in [0.25, 0.3) is 0 Å². The van der Waals surface area contributed by atoms with E-state index in [1.54, 1.807) is 6.92 Å². The fraction of sp³-hybridized carbons (Fsp3) is 0.500. The smallest absolute Gasteiger partial charge is 0.338 e. The zero-order chi connectivity index (χ0) is 18.7. The third-order valence-corrected chi connectivity index (χ3v) is 4.97. The van der Waals surface area contributed by atoms with Gasteiger partial charge in [0.15, 0.2) is 0 Å². The van der Waals surface area contributed by atoms with Crippen LogP contribution in [0.25, 0.3) is 0 Å². The minimum absolute atomic E-state index is 0.280. The Bertz CT molecular complexity index is 736. The molecule has 1 aromatic rings. The second-order valence-electron chi connectivity index (χ2n) is 6.99. The highest BCUT2D eigenvalue weighted by Crippen LogP contribution is 2.31. The summed E-state index contributed by atoms with van der Waals surface area (Å²) in [5.74, 6) is -0.376. The van der Waals surface area contributed by atoms with E-state index in [1.807, 2.05) is 26.0 Å². The largest absolute Gasteiger partial charge is 0.463 e. The van der Waals surface area contributed by atoms with Crippen LogP contribution in [0.4, 0.5) is 4.79 Å². The number of likely N-dealkylation sites (tertiary alicyclic amines) is 1. The minimum atomic E-state index is -0.499. The van der Waals surface area contributed by atoms with Gasteiger partial charge in [0.05, 0.1) is 18.2 Å². The summed E-state index contributed by atoms with van der Waals surface area (Å²) in [7, 11) is 0. The molecular weight excluding hydrogens is 330 g/mol. The van der Waals surface area contributed by atoms with Crippen LogP contribution in [-0.4, -0.2) is 43.1 Å². The molecule has 0 saturated carbocycles. The Balaban J connectivity index is 2.03. The first-order valence-corrected chi connectivity index (χ1v) is 9.26. The van der Waals surface area contributed by atoms with Gasteiger partial charge in [-0.05, 0) is 57.8 Å². The summed E-state index contributed by atoms with van der Waals surface area (Å²) in [4.78, 5) is 27.3. The zero-order valence-corrected chi connectivity index (χ0v) is 15.7. The molecule has 2 aliphatic heterocycles. The quantitative estimate of drug-likeness (QED) is 0.795. The fourth-order valence-corrected chi connectivity index (χ4v) is 3.74. The summed E-state index contributed by atoms with van der Waals surface area (Å²) in [6.07, 6.45) is 2.30. The first kappa shape index (κ1) is 18.5. The Morgan fingerprint density at radius 3 is 2.65 bits per heavy atom. The molecule has 6 nitrogen and oxygen atoms in total. The fourth-order valence-electron chi connectivity index (χ4n) is 3.74. The maximum Gasteiger partial charge on any atom is 0.338 e. The molecule has 1 aromatic carbocycles. The summed E-state index contributed by atoms with van der Waals surface area (Å²) in [6, 6.07) is 5.26. The van der Waals surface area contributed by atoms with Gasteiger partial charge in [0.2, 0.25) is 0 Å². The zero-order valence-electron chi connectivity index (χ0n) is 15.7. The SMILES string of the molecule is CCOC(=O)C1=C(CN2CCCC2)NC(=O)NC1c1ccc(C)cc1C. The van der Waals surface area contributed by atoms with Crippen LogP contribution >= 0.6 is 0 Å². The van der Waals surface area contributed by atoms with Crippen molar-refractivity contribution in [2.24, 2.45) is 0 Å². The molecule has 2 aliphatic rings. The van der Waals surface area contributed by atoms with Gasteiger partial charge in [-0.2, -0.15) is 0 Å². The molecule has 3 rings (SSSR count). The summed E-state index contributed by atoms with van der Waals surface area (Å²) >= 11 is 0. The molecule has 2 amide bonds. The number of carbonyl (C=O) groups is 2. The van der Waals surface area contributed by atoms with E-state index in [4.69, 9.17) is 4.74 Å². The highest BCUT2D eigenvalue weighted by molar-refractivity contribution is 5.95. The molecule has 26 heavy (non-hydrogen) atoms. The number of ether oxygens (including phenoxy) is 1. The van der Waals surface area contributed by atoms with Crippen LogP contribution in [0.15, 0.2) is 29.5 Å². The van der Waals surface area contributed by atoms with Gasteiger partial charge in [-0.15, -0.1) is 0 Å². The van der Waals surface area contributed by atoms with Crippen LogP contribution in [0.1, 0.15) is 42.5 Å². The molecule has 0 aromatic heterocycles. The van der Waals surface area contributed by atoms with Crippen LogP contribution in [0.5, 0.6) is 0 Å². The van der Waals surface area contributed by atoms with Gasteiger partial charge >= 0.3 is 12.0 Å². The standard InChI is InChI=1S/C20H27N3O3/c1-4-26-19(24)17-16(12-23-9-5-6-10-23)21-20(25)22-18(17)15-8-7-13(2)11-14(15)3/h7-8,11,18H,4-6,9-10,12H2,1-3H3,(H2,21,22,25). The van der Waals surface area contributed by atoms with Crippen molar-refractivity contribution < 1.29 is 14.3 Å². The Kier molecular flexibility index (Phi) is 5.61. The first-order valence-electron chi connectivity index (χ1n) is 9.26. The van der Waals surface area contributed by atoms with Crippen LogP contribution in [0, 0.1) is 13.8 Å². The lowest BCUT2D eigenvalue weighted by atomic mass is 9.91. The number of aryl methyl sites for hydroxylation is 2. The average Bonchev–Trinajstić information content (AvgIpc) is 3.07. The number of nitrogens with zero attached hydrogens (tertiary/aromatic N) is 1. The maximum absolute atomic E-state index is 12.8. The van der Waals surface area contributed by atoms with Gasteiger partial charge in [-0.25, -0.2) is 9.59 Å². The number of hydrogen-bond donors (Lipinski definition) is 2. The summed E-state index contributed by atoms with van der Waals surface area (Å²) in [5.41, 5.74) is 4.27. The number of urea groups is 1. The molecule has 1 atom stereocenters. The predicted octanol–water partition coefficient (Wildman–Crippen LogP) is 2.57. The number of rotatable bonds is 5. The highest BCUT2D eigenvalue weighted by Gasteiger charge is 2.35. The van der Waals surface area contributed by atoms with E-state index in [1.165, 1.54) is 0 Å². The molecule has 6 heteroatoms. The van der Waals surface area contributed by atoms with Crippen LogP contribution in [0.3, 0.4) is 0 Å². The Morgan fingerprint density at radius 1 is 1.27 bits per heavy atom. The lowest BCUT2D eigenvalue weighted by Crippen LogP contribution is -2.48. The third-order valence-electron chi connectivity index (χ3n) is 4.97. The van der Waals surface area contributed by atoms with Crippen LogP contribution in [0.2, 0.25) is 0 Å². The minimum Gasteiger partial charge on any atom is -0.463 e. The van der Waals surface area contributed by atoms with Gasteiger partial charge in [-0.3, -0.25) is 4.90 Å². The first-order chi connectivity index (χ1) is 12.5. The van der Waals surface area contributed by atoms with Crippen molar-refractivity contribution in [3.8, 4) is 0 Å². The van der Waals surface area contributed by atoms with Crippen molar-refractivity contribution in [3.05, 3.63) is 46.2 Å². The summed E-state index contributed by atoms with van der Waals surface area (Å²) < 4.78 is 5.32. The van der Waals surface area contributed by atoms with E-state index in [0.29, 0.717) is 24.4 Å². The molecule has 140 valence electrons. The molecule has 0 bridgehead atoms. The van der Waals surface area contributed by atoms with Crippen molar-refractivity contribution in [1.82, 2.24) is 15.5 Å². The monoisotopic (exact) mass is 357 g/mol. The predicted molar refractivity (Wildman–Crippen MR) is 99.7 cm³/mol. The molecule has 2 N–H and O–H groups in total. The van der Waals surface area contributed by atoms with Gasteiger partial charge < -0.3 is 15.4 Å². The molecular formula is C20H27N3O3. The van der Waals surface area contributed by atoms with Crippen molar-refractivity contribution in [2.45, 2.75) is 39.7 Å². The van der Waals surface area contributed by atoms with E-state index in [0.717, 1.165) is 42.6 Å². The molecule has 0 radical (unpaired) electrons. The molecule has 1 unspecified atom stereocenters. The maximum atomic E-state index is 12.8. The number of benzene rings is 1. The number of amides is 2. The Labute approximate surface area is 154 Å². The van der Waals surface area contributed by atoms with Crippen molar-refractivity contribution in [3.63, 3.8) is 0 Å². The molecule has 0 aliphatic carbocycles. The van der Waals surface area contributed by atoms with E-state index < -0.39 is 6.04 Å². The Morgan fingerprint density at radius 2 is 2.00 bits per heavy atom. The van der Waals surface area contributed by atoms with Gasteiger partial charge in [-0.1, -0.05) is 23.8 Å². The Hall–Kier alpha value is -2.34. The topological polar surface area (TPSA) is 70.7 Å². The number of carbonyl (C=O) groups excluding carboxylic acids is 2. The van der Waals surface area contributed by atoms with Gasteiger partial charge in [0.1, 0.15) is 0 Å². The van der Waals surface area contributed by atoms with Crippen molar-refractivity contribution in [2.75, 3.05) is 26.2 Å². The highest BCUT2D eigenvalue weighted by atomic mass is 16.5. The lowest BCUT2D eigenvalue weighted by Gasteiger charge is -2.31. The van der Waals surface area contributed by atoms with Crippen molar-refractivity contribution >= 4 is 12.0 Å². The van der Waals surface area contributed by atoms with Gasteiger partial charge in [0, 0.05) is 12.2 Å². The lowest BCUT2D eigenvalue weighted by molar-refractivity contribution is -0.139. The molecule has 1 fully saturated rings. The van der Waals surface area contributed by atoms with E-state index in [9.17, 15) is 9.59 Å². The number of esters is 1. The molecule has 2 heterocycles. The number of hydrogen-bond acceptors (Lipinski definition) is 4.